The van der Waals surface area contributed by atoms with E-state index in [1.165, 1.54) is 12.8 Å². The van der Waals surface area contributed by atoms with E-state index in [1.807, 2.05) is 13.8 Å². The van der Waals surface area contributed by atoms with Crippen molar-refractivity contribution >= 4 is 5.91 Å². The number of nitrogens with one attached hydrogen (secondary N) is 2. The summed E-state index contributed by atoms with van der Waals surface area (Å²) in [4.78, 5) is 12.0. The second-order valence-corrected chi connectivity index (χ2v) is 5.18. The van der Waals surface area contributed by atoms with Gasteiger partial charge in [0.25, 0.3) is 5.91 Å². The molecule has 17 heavy (non-hydrogen) atoms. The zero-order chi connectivity index (χ0) is 12.9. The van der Waals surface area contributed by atoms with E-state index in [4.69, 9.17) is 4.74 Å². The molecule has 0 radical (unpaired) electrons. The van der Waals surface area contributed by atoms with Gasteiger partial charge in [-0.2, -0.15) is 0 Å². The van der Waals surface area contributed by atoms with Crippen LogP contribution in [-0.4, -0.2) is 37.7 Å². The predicted octanol–water partition coefficient (Wildman–Crippen LogP) is 1.31. The largest absolute Gasteiger partial charge is 0.369 e. The molecule has 4 heteroatoms. The summed E-state index contributed by atoms with van der Waals surface area (Å²) >= 11 is 0. The van der Waals surface area contributed by atoms with E-state index >= 15 is 0 Å². The maximum atomic E-state index is 12.0. The smallest absolute Gasteiger partial charge is 0.251 e. The molecule has 1 aliphatic heterocycles. The van der Waals surface area contributed by atoms with Crippen LogP contribution in [0.2, 0.25) is 0 Å². The minimum Gasteiger partial charge on any atom is -0.369 e. The molecule has 2 N–H and O–H groups in total. The highest BCUT2D eigenvalue weighted by Gasteiger charge is 2.31. The lowest BCUT2D eigenvalue weighted by Gasteiger charge is -2.32. The second-order valence-electron chi connectivity index (χ2n) is 5.18. The summed E-state index contributed by atoms with van der Waals surface area (Å²) < 4.78 is 5.28. The van der Waals surface area contributed by atoms with Crippen molar-refractivity contribution in [2.45, 2.75) is 51.7 Å². The predicted molar refractivity (Wildman–Crippen MR) is 68.9 cm³/mol. The average molecular weight is 242 g/mol. The number of amides is 1. The van der Waals surface area contributed by atoms with Crippen molar-refractivity contribution in [2.24, 2.45) is 5.92 Å². The number of ether oxygens (including phenoxy) is 1. The van der Waals surface area contributed by atoms with Crippen LogP contribution in [0.15, 0.2) is 0 Å². The Hall–Kier alpha value is -0.610. The summed E-state index contributed by atoms with van der Waals surface area (Å²) in [6.45, 7) is 7.78. The van der Waals surface area contributed by atoms with Gasteiger partial charge < -0.3 is 15.4 Å². The van der Waals surface area contributed by atoms with Crippen LogP contribution in [0.25, 0.3) is 0 Å². The zero-order valence-electron chi connectivity index (χ0n) is 11.5. The molecule has 0 spiro atoms. The Morgan fingerprint density at radius 3 is 2.82 bits per heavy atom. The summed E-state index contributed by atoms with van der Waals surface area (Å²) in [5.41, 5.74) is -0.697. The van der Waals surface area contributed by atoms with Crippen LogP contribution in [0.3, 0.4) is 0 Å². The number of hydrogen-bond donors (Lipinski definition) is 2. The Morgan fingerprint density at radius 1 is 1.59 bits per heavy atom. The summed E-state index contributed by atoms with van der Waals surface area (Å²) in [5, 5.41) is 6.45. The van der Waals surface area contributed by atoms with Gasteiger partial charge in [0, 0.05) is 19.7 Å². The van der Waals surface area contributed by atoms with Crippen LogP contribution in [0.4, 0.5) is 0 Å². The number of carbonyl (C=O) groups is 1. The molecule has 0 saturated carbocycles. The fraction of sp³-hybridized carbons (Fsp3) is 0.923. The van der Waals surface area contributed by atoms with Crippen molar-refractivity contribution in [1.82, 2.24) is 10.6 Å². The van der Waals surface area contributed by atoms with E-state index in [0.717, 1.165) is 6.54 Å². The van der Waals surface area contributed by atoms with Crippen molar-refractivity contribution in [2.75, 3.05) is 20.2 Å². The maximum absolute atomic E-state index is 12.0. The third-order valence-electron chi connectivity index (χ3n) is 4.02. The van der Waals surface area contributed by atoms with Gasteiger partial charge in [-0.15, -0.1) is 0 Å². The summed E-state index contributed by atoms with van der Waals surface area (Å²) in [7, 11) is 1.59. The Balaban J connectivity index is 2.41. The third-order valence-corrected chi connectivity index (χ3v) is 4.02. The zero-order valence-corrected chi connectivity index (χ0v) is 11.5. The fourth-order valence-corrected chi connectivity index (χ4v) is 2.17. The first kappa shape index (κ1) is 14.5. The molecule has 1 amide bonds. The van der Waals surface area contributed by atoms with Crippen LogP contribution in [0, 0.1) is 5.92 Å². The molecule has 100 valence electrons. The van der Waals surface area contributed by atoms with Gasteiger partial charge in [0.1, 0.15) is 5.60 Å². The number of hydrogen-bond acceptors (Lipinski definition) is 3. The summed E-state index contributed by atoms with van der Waals surface area (Å²) in [5.74, 6) is 0.613. The van der Waals surface area contributed by atoms with Gasteiger partial charge >= 0.3 is 0 Å². The molecule has 0 aromatic rings. The third kappa shape index (κ3) is 3.68. The lowest BCUT2D eigenvalue weighted by atomic mass is 9.92. The molecule has 0 aromatic heterocycles. The van der Waals surface area contributed by atoms with Gasteiger partial charge in [0.05, 0.1) is 0 Å². The van der Waals surface area contributed by atoms with E-state index in [1.54, 1.807) is 7.11 Å². The molecular weight excluding hydrogens is 216 g/mol. The first-order valence-corrected chi connectivity index (χ1v) is 6.60. The SMILES string of the molecule is CCC(C)(OC)C(=O)NCC1NCCCC1C. The standard InChI is InChI=1S/C13H26N2O2/c1-5-13(3,17-4)12(16)15-9-11-10(2)7-6-8-14-11/h10-11,14H,5-9H2,1-4H3,(H,15,16). The van der Waals surface area contributed by atoms with Crippen molar-refractivity contribution < 1.29 is 9.53 Å². The average Bonchev–Trinajstić information content (AvgIpc) is 2.36. The Kier molecular flexibility index (Phi) is 5.40. The van der Waals surface area contributed by atoms with E-state index in [0.29, 0.717) is 24.9 Å². The highest BCUT2D eigenvalue weighted by molar-refractivity contribution is 5.84. The van der Waals surface area contributed by atoms with Gasteiger partial charge in [-0.25, -0.2) is 0 Å². The van der Waals surface area contributed by atoms with E-state index < -0.39 is 5.60 Å². The first-order valence-electron chi connectivity index (χ1n) is 6.60. The quantitative estimate of drug-likeness (QED) is 0.764. The van der Waals surface area contributed by atoms with Gasteiger partial charge in [0.15, 0.2) is 0 Å². The molecule has 3 unspecified atom stereocenters. The van der Waals surface area contributed by atoms with Crippen LogP contribution >= 0.6 is 0 Å². The first-order chi connectivity index (χ1) is 8.03. The van der Waals surface area contributed by atoms with E-state index in [-0.39, 0.29) is 5.91 Å². The Bertz CT molecular complexity index is 252. The normalized spacial score (nSPS) is 28.5. The monoisotopic (exact) mass is 242 g/mol. The lowest BCUT2D eigenvalue weighted by molar-refractivity contribution is -0.142. The maximum Gasteiger partial charge on any atom is 0.251 e. The molecule has 0 aromatic carbocycles. The van der Waals surface area contributed by atoms with Crippen LogP contribution in [0.1, 0.15) is 40.0 Å². The van der Waals surface area contributed by atoms with Gasteiger partial charge in [-0.1, -0.05) is 13.8 Å². The molecule has 1 heterocycles. The molecule has 1 fully saturated rings. The number of carbonyl (C=O) groups excluding carboxylic acids is 1. The molecule has 0 bridgehead atoms. The van der Waals surface area contributed by atoms with Crippen molar-refractivity contribution in [3.8, 4) is 0 Å². The second kappa shape index (κ2) is 6.36. The van der Waals surface area contributed by atoms with E-state index in [9.17, 15) is 4.79 Å². The van der Waals surface area contributed by atoms with Gasteiger partial charge in [0.2, 0.25) is 0 Å². The van der Waals surface area contributed by atoms with Crippen molar-refractivity contribution in [1.29, 1.82) is 0 Å². The summed E-state index contributed by atoms with van der Waals surface area (Å²) in [6, 6.07) is 0.394. The molecule has 1 rings (SSSR count). The lowest BCUT2D eigenvalue weighted by Crippen LogP contribution is -2.52. The minimum atomic E-state index is -0.697. The fourth-order valence-electron chi connectivity index (χ4n) is 2.17. The Labute approximate surface area is 104 Å². The number of piperidine rings is 1. The molecule has 4 nitrogen and oxygen atoms in total. The minimum absolute atomic E-state index is 0.0120. The molecule has 0 aliphatic carbocycles. The molecule has 3 atom stereocenters. The van der Waals surface area contributed by atoms with Crippen molar-refractivity contribution in [3.63, 3.8) is 0 Å². The topological polar surface area (TPSA) is 50.4 Å². The Morgan fingerprint density at radius 2 is 2.29 bits per heavy atom. The number of rotatable bonds is 5. The van der Waals surface area contributed by atoms with Crippen molar-refractivity contribution in [3.05, 3.63) is 0 Å². The van der Waals surface area contributed by atoms with Gasteiger partial charge in [-0.05, 0) is 38.6 Å². The van der Waals surface area contributed by atoms with Crippen LogP contribution in [0.5, 0.6) is 0 Å². The highest BCUT2D eigenvalue weighted by Crippen LogP contribution is 2.16. The van der Waals surface area contributed by atoms with Gasteiger partial charge in [-0.3, -0.25) is 4.79 Å². The molecule has 1 saturated heterocycles. The highest BCUT2D eigenvalue weighted by atomic mass is 16.5. The molecular formula is C13H26N2O2. The summed E-state index contributed by atoms with van der Waals surface area (Å²) in [6.07, 6.45) is 3.15. The van der Waals surface area contributed by atoms with E-state index in [2.05, 4.69) is 17.6 Å². The van der Waals surface area contributed by atoms with Crippen LogP contribution in [-0.2, 0) is 9.53 Å². The van der Waals surface area contributed by atoms with Crippen LogP contribution < -0.4 is 10.6 Å². The molecule has 1 aliphatic rings. The number of methoxy groups -OCH3 is 1.